The SMILES string of the molecule is CCCOC(=O)c1cc(NC2=CC(=O)N(CCO)C2=O)ccc1N1CCOCC1. The predicted molar refractivity (Wildman–Crippen MR) is 106 cm³/mol. The molecule has 2 N–H and O–H groups in total. The molecule has 2 heterocycles. The van der Waals surface area contributed by atoms with Gasteiger partial charge in [0, 0.05) is 24.9 Å². The highest BCUT2D eigenvalue weighted by molar-refractivity contribution is 6.17. The number of amides is 2. The van der Waals surface area contributed by atoms with Gasteiger partial charge in [-0.2, -0.15) is 0 Å². The quantitative estimate of drug-likeness (QED) is 0.484. The number of nitrogens with one attached hydrogen (secondary N) is 1. The fraction of sp³-hybridized carbons (Fsp3) is 0.450. The van der Waals surface area contributed by atoms with Crippen molar-refractivity contribution in [2.75, 3.05) is 56.3 Å². The zero-order valence-electron chi connectivity index (χ0n) is 16.3. The minimum absolute atomic E-state index is 0.0656. The second kappa shape index (κ2) is 9.53. The van der Waals surface area contributed by atoms with Gasteiger partial charge in [0.25, 0.3) is 11.8 Å². The second-order valence-electron chi connectivity index (χ2n) is 6.67. The normalized spacial score (nSPS) is 16.8. The lowest BCUT2D eigenvalue weighted by atomic mass is 10.1. The lowest BCUT2D eigenvalue weighted by Gasteiger charge is -2.30. The van der Waals surface area contributed by atoms with Gasteiger partial charge < -0.3 is 24.8 Å². The Kier molecular flexibility index (Phi) is 6.84. The average molecular weight is 403 g/mol. The lowest BCUT2D eigenvalue weighted by Crippen LogP contribution is -2.37. The Morgan fingerprint density at radius 3 is 2.72 bits per heavy atom. The smallest absolute Gasteiger partial charge is 0.340 e. The molecule has 2 aliphatic heterocycles. The molecule has 1 saturated heterocycles. The van der Waals surface area contributed by atoms with Crippen molar-refractivity contribution >= 4 is 29.2 Å². The Labute approximate surface area is 168 Å². The van der Waals surface area contributed by atoms with E-state index in [2.05, 4.69) is 10.2 Å². The minimum atomic E-state index is -0.517. The van der Waals surface area contributed by atoms with E-state index in [1.807, 2.05) is 6.92 Å². The second-order valence-corrected chi connectivity index (χ2v) is 6.67. The third-order valence-corrected chi connectivity index (χ3v) is 4.62. The van der Waals surface area contributed by atoms with Crippen LogP contribution in [0.5, 0.6) is 0 Å². The molecule has 2 amide bonds. The molecule has 0 unspecified atom stereocenters. The topological polar surface area (TPSA) is 108 Å². The van der Waals surface area contributed by atoms with Gasteiger partial charge in [-0.05, 0) is 24.6 Å². The molecule has 0 aliphatic carbocycles. The van der Waals surface area contributed by atoms with Crippen molar-refractivity contribution in [2.45, 2.75) is 13.3 Å². The van der Waals surface area contributed by atoms with Crippen LogP contribution in [0, 0.1) is 0 Å². The number of carbonyl (C=O) groups is 3. The van der Waals surface area contributed by atoms with Gasteiger partial charge in [-0.25, -0.2) is 4.79 Å². The molecule has 0 saturated carbocycles. The standard InChI is InChI=1S/C20H25N3O6/c1-2-9-29-20(27)15-12-14(3-4-17(15)22-6-10-28-11-7-22)21-16-13-18(25)23(5-8-24)19(16)26/h3-4,12-13,21,24H,2,5-11H2,1H3. The van der Waals surface area contributed by atoms with Crippen molar-refractivity contribution in [3.05, 3.63) is 35.5 Å². The fourth-order valence-corrected chi connectivity index (χ4v) is 3.20. The average Bonchev–Trinajstić information content (AvgIpc) is 3.00. The molecule has 3 rings (SSSR count). The molecule has 0 radical (unpaired) electrons. The van der Waals surface area contributed by atoms with Gasteiger partial charge in [0.1, 0.15) is 5.70 Å². The van der Waals surface area contributed by atoms with E-state index in [0.717, 1.165) is 10.6 Å². The number of carbonyl (C=O) groups excluding carboxylic acids is 3. The summed E-state index contributed by atoms with van der Waals surface area (Å²) in [5.74, 6) is -1.45. The Bertz CT molecular complexity index is 816. The summed E-state index contributed by atoms with van der Waals surface area (Å²) < 4.78 is 10.7. The Balaban J connectivity index is 1.84. The van der Waals surface area contributed by atoms with Gasteiger partial charge >= 0.3 is 5.97 Å². The van der Waals surface area contributed by atoms with E-state index in [1.165, 1.54) is 6.08 Å². The summed E-state index contributed by atoms with van der Waals surface area (Å²) in [6, 6.07) is 5.16. The van der Waals surface area contributed by atoms with Crippen molar-refractivity contribution in [2.24, 2.45) is 0 Å². The highest BCUT2D eigenvalue weighted by atomic mass is 16.5. The molecular formula is C20H25N3O6. The van der Waals surface area contributed by atoms with E-state index in [4.69, 9.17) is 14.6 Å². The Morgan fingerprint density at radius 1 is 1.28 bits per heavy atom. The molecule has 1 aromatic carbocycles. The van der Waals surface area contributed by atoms with Crippen LogP contribution in [-0.4, -0.2) is 73.9 Å². The molecule has 2 aliphatic rings. The Morgan fingerprint density at radius 2 is 2.03 bits per heavy atom. The summed E-state index contributed by atoms with van der Waals surface area (Å²) in [4.78, 5) is 39.9. The van der Waals surface area contributed by atoms with Crippen LogP contribution in [0.15, 0.2) is 30.0 Å². The van der Waals surface area contributed by atoms with Gasteiger partial charge in [-0.3, -0.25) is 14.5 Å². The first kappa shape index (κ1) is 20.8. The van der Waals surface area contributed by atoms with Crippen LogP contribution in [0.25, 0.3) is 0 Å². The third kappa shape index (κ3) is 4.75. The van der Waals surface area contributed by atoms with Gasteiger partial charge in [-0.1, -0.05) is 6.92 Å². The maximum absolute atomic E-state index is 12.6. The lowest BCUT2D eigenvalue weighted by molar-refractivity contribution is -0.137. The number of aliphatic hydroxyl groups is 1. The number of hydrogen-bond donors (Lipinski definition) is 2. The summed E-state index contributed by atoms with van der Waals surface area (Å²) in [7, 11) is 0. The number of esters is 1. The number of anilines is 2. The molecule has 1 fully saturated rings. The molecule has 9 nitrogen and oxygen atoms in total. The zero-order valence-corrected chi connectivity index (χ0v) is 16.3. The summed E-state index contributed by atoms with van der Waals surface area (Å²) in [6.45, 7) is 4.34. The van der Waals surface area contributed by atoms with E-state index < -0.39 is 17.8 Å². The van der Waals surface area contributed by atoms with Gasteiger partial charge in [0.2, 0.25) is 0 Å². The predicted octanol–water partition coefficient (Wildman–Crippen LogP) is 0.747. The van der Waals surface area contributed by atoms with Crippen LogP contribution >= 0.6 is 0 Å². The van der Waals surface area contributed by atoms with Gasteiger partial charge in [0.05, 0.1) is 44.2 Å². The van der Waals surface area contributed by atoms with E-state index in [0.29, 0.717) is 50.6 Å². The van der Waals surface area contributed by atoms with Crippen LogP contribution in [0.1, 0.15) is 23.7 Å². The monoisotopic (exact) mass is 403 g/mol. The van der Waals surface area contributed by atoms with Crippen molar-refractivity contribution in [3.63, 3.8) is 0 Å². The van der Waals surface area contributed by atoms with Gasteiger partial charge in [0.15, 0.2) is 0 Å². The number of benzene rings is 1. The molecule has 0 aromatic heterocycles. The van der Waals surface area contributed by atoms with Gasteiger partial charge in [-0.15, -0.1) is 0 Å². The van der Waals surface area contributed by atoms with Crippen LogP contribution in [0.2, 0.25) is 0 Å². The number of hydrogen-bond acceptors (Lipinski definition) is 8. The maximum Gasteiger partial charge on any atom is 0.340 e. The van der Waals surface area contributed by atoms with E-state index >= 15 is 0 Å². The molecule has 156 valence electrons. The van der Waals surface area contributed by atoms with E-state index in [-0.39, 0.29) is 18.8 Å². The first-order valence-corrected chi connectivity index (χ1v) is 9.64. The van der Waals surface area contributed by atoms with Crippen molar-refractivity contribution < 1.29 is 29.0 Å². The Hall–Kier alpha value is -2.91. The number of β-amino-alcohol motifs (C(OH)–C–C–N with tert-alkyl or cyclic N) is 1. The van der Waals surface area contributed by atoms with Crippen molar-refractivity contribution in [1.29, 1.82) is 0 Å². The largest absolute Gasteiger partial charge is 0.462 e. The van der Waals surface area contributed by atoms with E-state index in [1.54, 1.807) is 18.2 Å². The fourth-order valence-electron chi connectivity index (χ4n) is 3.20. The highest BCUT2D eigenvalue weighted by Gasteiger charge is 2.31. The third-order valence-electron chi connectivity index (χ3n) is 4.62. The number of morpholine rings is 1. The van der Waals surface area contributed by atoms with Crippen molar-refractivity contribution in [1.82, 2.24) is 4.90 Å². The summed E-state index contributed by atoms with van der Waals surface area (Å²) in [5, 5.41) is 11.9. The molecule has 1 aromatic rings. The minimum Gasteiger partial charge on any atom is -0.462 e. The molecule has 9 heteroatoms. The molecule has 29 heavy (non-hydrogen) atoms. The molecule has 0 atom stereocenters. The van der Waals surface area contributed by atoms with Crippen LogP contribution in [0.4, 0.5) is 11.4 Å². The molecular weight excluding hydrogens is 378 g/mol. The first-order chi connectivity index (χ1) is 14.0. The number of nitrogens with zero attached hydrogens (tertiary/aromatic N) is 2. The van der Waals surface area contributed by atoms with Crippen LogP contribution in [0.3, 0.4) is 0 Å². The number of aliphatic hydroxyl groups excluding tert-OH is 1. The summed E-state index contributed by atoms with van der Waals surface area (Å²) in [6.07, 6.45) is 1.89. The summed E-state index contributed by atoms with van der Waals surface area (Å²) in [5.41, 5.74) is 1.71. The summed E-state index contributed by atoms with van der Waals surface area (Å²) >= 11 is 0. The zero-order chi connectivity index (χ0) is 20.8. The van der Waals surface area contributed by atoms with Crippen molar-refractivity contribution in [3.8, 4) is 0 Å². The van der Waals surface area contributed by atoms with Crippen LogP contribution in [-0.2, 0) is 19.1 Å². The number of imide groups is 1. The first-order valence-electron chi connectivity index (χ1n) is 9.64. The molecule has 0 spiro atoms. The number of rotatable bonds is 8. The maximum atomic E-state index is 12.6. The number of ether oxygens (including phenoxy) is 2. The van der Waals surface area contributed by atoms with Crippen LogP contribution < -0.4 is 10.2 Å². The highest BCUT2D eigenvalue weighted by Crippen LogP contribution is 2.27. The van der Waals surface area contributed by atoms with E-state index in [9.17, 15) is 14.4 Å². The molecule has 0 bridgehead atoms.